The molecule has 0 aliphatic heterocycles. The van der Waals surface area contributed by atoms with Crippen LogP contribution in [0.2, 0.25) is 0 Å². The highest BCUT2D eigenvalue weighted by molar-refractivity contribution is 8.03. The molecular formula is C12H14OS. The van der Waals surface area contributed by atoms with E-state index in [1.165, 1.54) is 17.3 Å². The van der Waals surface area contributed by atoms with Crippen molar-refractivity contribution in [3.05, 3.63) is 35.9 Å². The van der Waals surface area contributed by atoms with Crippen LogP contribution in [0.15, 0.2) is 30.3 Å². The van der Waals surface area contributed by atoms with Gasteiger partial charge in [0.15, 0.2) is 0 Å². The van der Waals surface area contributed by atoms with E-state index in [9.17, 15) is 0 Å². The van der Waals surface area contributed by atoms with E-state index in [-0.39, 0.29) is 0 Å². The first kappa shape index (κ1) is 11.2. The van der Waals surface area contributed by atoms with Crippen molar-refractivity contribution in [3.63, 3.8) is 0 Å². The fourth-order valence-electron chi connectivity index (χ4n) is 1.01. The fraction of sp³-hybridized carbons (Fsp3) is 0.333. The van der Waals surface area contributed by atoms with Crippen LogP contribution in [0.5, 0.6) is 0 Å². The van der Waals surface area contributed by atoms with Crippen LogP contribution >= 0.6 is 11.8 Å². The normalized spacial score (nSPS) is 9.21. The van der Waals surface area contributed by atoms with E-state index in [0.717, 1.165) is 6.42 Å². The summed E-state index contributed by atoms with van der Waals surface area (Å²) in [6.45, 7) is 1.39. The lowest BCUT2D eigenvalue weighted by Crippen LogP contribution is -1.93. The van der Waals surface area contributed by atoms with Crippen molar-refractivity contribution in [2.45, 2.75) is 13.0 Å². The van der Waals surface area contributed by atoms with Gasteiger partial charge >= 0.3 is 0 Å². The number of thioether (sulfide) groups is 1. The fourth-order valence-corrected chi connectivity index (χ4v) is 1.26. The van der Waals surface area contributed by atoms with Gasteiger partial charge in [-0.25, -0.2) is 0 Å². The molecule has 0 radical (unpaired) electrons. The second-order valence-electron chi connectivity index (χ2n) is 2.77. The Morgan fingerprint density at radius 1 is 1.29 bits per heavy atom. The maximum absolute atomic E-state index is 5.45. The van der Waals surface area contributed by atoms with Crippen LogP contribution < -0.4 is 0 Å². The van der Waals surface area contributed by atoms with Crippen LogP contribution in [-0.2, 0) is 11.3 Å². The van der Waals surface area contributed by atoms with Gasteiger partial charge < -0.3 is 4.74 Å². The van der Waals surface area contributed by atoms with Crippen molar-refractivity contribution in [2.24, 2.45) is 0 Å². The molecule has 1 nitrogen and oxygen atoms in total. The first-order valence-electron chi connectivity index (χ1n) is 4.56. The molecule has 14 heavy (non-hydrogen) atoms. The Kier molecular flexibility index (Phi) is 5.97. The molecule has 0 spiro atoms. The summed E-state index contributed by atoms with van der Waals surface area (Å²) in [6, 6.07) is 10.2. The quantitative estimate of drug-likeness (QED) is 0.553. The van der Waals surface area contributed by atoms with E-state index in [0.29, 0.717) is 13.2 Å². The van der Waals surface area contributed by atoms with Gasteiger partial charge in [-0.1, -0.05) is 48.0 Å². The van der Waals surface area contributed by atoms with Crippen molar-refractivity contribution in [1.82, 2.24) is 0 Å². The average molecular weight is 206 g/mol. The zero-order valence-electron chi connectivity index (χ0n) is 8.32. The van der Waals surface area contributed by atoms with Gasteiger partial charge in [-0.3, -0.25) is 0 Å². The molecule has 0 aliphatic carbocycles. The molecule has 0 aliphatic rings. The highest BCUT2D eigenvalue weighted by Crippen LogP contribution is 2.00. The van der Waals surface area contributed by atoms with Crippen LogP contribution in [0, 0.1) is 11.2 Å². The predicted molar refractivity (Wildman–Crippen MR) is 62.0 cm³/mol. The van der Waals surface area contributed by atoms with E-state index < -0.39 is 0 Å². The molecule has 0 saturated heterocycles. The molecule has 0 fully saturated rings. The molecule has 0 amide bonds. The SMILES string of the molecule is CSC#CCCOCc1ccccc1. The third-order valence-electron chi connectivity index (χ3n) is 1.66. The van der Waals surface area contributed by atoms with Crippen LogP contribution in [0.3, 0.4) is 0 Å². The molecule has 0 N–H and O–H groups in total. The molecule has 0 heterocycles. The average Bonchev–Trinajstić information content (AvgIpc) is 2.25. The maximum atomic E-state index is 5.45. The van der Waals surface area contributed by atoms with E-state index in [1.54, 1.807) is 0 Å². The molecule has 0 saturated carbocycles. The van der Waals surface area contributed by atoms with Gasteiger partial charge in [0.2, 0.25) is 0 Å². The Labute approximate surface area is 89.9 Å². The Balaban J connectivity index is 2.10. The summed E-state index contributed by atoms with van der Waals surface area (Å²) in [5.41, 5.74) is 1.21. The first-order valence-corrected chi connectivity index (χ1v) is 5.78. The topological polar surface area (TPSA) is 9.23 Å². The third kappa shape index (κ3) is 4.96. The molecule has 2 heteroatoms. The van der Waals surface area contributed by atoms with Crippen LogP contribution in [-0.4, -0.2) is 12.9 Å². The van der Waals surface area contributed by atoms with E-state index >= 15 is 0 Å². The largest absolute Gasteiger partial charge is 0.376 e. The van der Waals surface area contributed by atoms with Gasteiger partial charge in [-0.05, 0) is 17.1 Å². The zero-order valence-corrected chi connectivity index (χ0v) is 9.14. The number of benzene rings is 1. The lowest BCUT2D eigenvalue weighted by atomic mass is 10.2. The van der Waals surface area contributed by atoms with Crippen molar-refractivity contribution in [1.29, 1.82) is 0 Å². The molecule has 0 atom stereocenters. The van der Waals surface area contributed by atoms with E-state index in [4.69, 9.17) is 4.74 Å². The smallest absolute Gasteiger partial charge is 0.0717 e. The van der Waals surface area contributed by atoms with E-state index in [1.807, 2.05) is 24.5 Å². The van der Waals surface area contributed by atoms with Crippen LogP contribution in [0.25, 0.3) is 0 Å². The van der Waals surface area contributed by atoms with Crippen LogP contribution in [0.4, 0.5) is 0 Å². The molecule has 1 rings (SSSR count). The van der Waals surface area contributed by atoms with Crippen molar-refractivity contribution in [3.8, 4) is 11.2 Å². The summed E-state index contributed by atoms with van der Waals surface area (Å²) in [4.78, 5) is 0. The summed E-state index contributed by atoms with van der Waals surface area (Å²) >= 11 is 1.54. The minimum absolute atomic E-state index is 0.682. The summed E-state index contributed by atoms with van der Waals surface area (Å²) in [5, 5.41) is 2.93. The minimum Gasteiger partial charge on any atom is -0.376 e. The van der Waals surface area contributed by atoms with Gasteiger partial charge in [-0.15, -0.1) is 0 Å². The highest BCUT2D eigenvalue weighted by Gasteiger charge is 1.89. The van der Waals surface area contributed by atoms with Gasteiger partial charge in [0.05, 0.1) is 13.2 Å². The summed E-state index contributed by atoms with van der Waals surface area (Å²) < 4.78 is 5.45. The number of rotatable bonds is 4. The Morgan fingerprint density at radius 2 is 2.07 bits per heavy atom. The molecule has 0 bridgehead atoms. The lowest BCUT2D eigenvalue weighted by Gasteiger charge is -2.00. The van der Waals surface area contributed by atoms with Gasteiger partial charge in [0.1, 0.15) is 0 Å². The van der Waals surface area contributed by atoms with Crippen molar-refractivity contribution >= 4 is 11.8 Å². The van der Waals surface area contributed by atoms with Gasteiger partial charge in [0.25, 0.3) is 0 Å². The van der Waals surface area contributed by atoms with Crippen LogP contribution in [0.1, 0.15) is 12.0 Å². The number of hydrogen-bond acceptors (Lipinski definition) is 2. The molecule has 1 aromatic rings. The Bertz CT molecular complexity index is 297. The van der Waals surface area contributed by atoms with Gasteiger partial charge in [-0.2, -0.15) is 0 Å². The molecular weight excluding hydrogens is 192 g/mol. The summed E-state index contributed by atoms with van der Waals surface area (Å²) in [7, 11) is 0. The molecule has 0 unspecified atom stereocenters. The monoisotopic (exact) mass is 206 g/mol. The summed E-state index contributed by atoms with van der Waals surface area (Å²) in [5.74, 6) is 3.01. The molecule has 1 aromatic carbocycles. The molecule has 0 aromatic heterocycles. The predicted octanol–water partition coefficient (Wildman–Crippen LogP) is 2.92. The second kappa shape index (κ2) is 7.49. The zero-order chi connectivity index (χ0) is 10.1. The standard InChI is InChI=1S/C12H14OS/c1-14-10-6-5-9-13-11-12-7-3-2-4-8-12/h2-4,7-8H,5,9,11H2,1H3. The number of hydrogen-bond donors (Lipinski definition) is 0. The first-order chi connectivity index (χ1) is 6.93. The Morgan fingerprint density at radius 3 is 2.79 bits per heavy atom. The lowest BCUT2D eigenvalue weighted by molar-refractivity contribution is 0.126. The van der Waals surface area contributed by atoms with Crippen molar-refractivity contribution in [2.75, 3.05) is 12.9 Å². The van der Waals surface area contributed by atoms with Crippen molar-refractivity contribution < 1.29 is 4.74 Å². The summed E-state index contributed by atoms with van der Waals surface area (Å²) in [6.07, 6.45) is 2.78. The van der Waals surface area contributed by atoms with Gasteiger partial charge in [0, 0.05) is 6.42 Å². The minimum atomic E-state index is 0.682. The molecule has 74 valence electrons. The maximum Gasteiger partial charge on any atom is 0.0717 e. The van der Waals surface area contributed by atoms with E-state index in [2.05, 4.69) is 23.3 Å². The second-order valence-corrected chi connectivity index (χ2v) is 3.38. The number of ether oxygens (including phenoxy) is 1. The highest BCUT2D eigenvalue weighted by atomic mass is 32.2. The Hall–Kier alpha value is -0.910. The third-order valence-corrected chi connectivity index (χ3v) is 2.01.